The van der Waals surface area contributed by atoms with Gasteiger partial charge in [-0.05, 0) is 13.8 Å². The van der Waals surface area contributed by atoms with E-state index in [4.69, 9.17) is 5.73 Å². The first-order valence-electron chi connectivity index (χ1n) is 5.10. The van der Waals surface area contributed by atoms with Crippen molar-refractivity contribution < 1.29 is 8.42 Å². The second-order valence-corrected chi connectivity index (χ2v) is 5.91. The summed E-state index contributed by atoms with van der Waals surface area (Å²) in [6, 6.07) is 0.142. The first-order chi connectivity index (χ1) is 7.39. The number of sulfonamides is 1. The van der Waals surface area contributed by atoms with E-state index in [2.05, 4.69) is 5.10 Å². The van der Waals surface area contributed by atoms with E-state index in [1.807, 2.05) is 13.8 Å². The van der Waals surface area contributed by atoms with Crippen LogP contribution in [0, 0.1) is 0 Å². The highest BCUT2D eigenvalue weighted by Crippen LogP contribution is 2.14. The van der Waals surface area contributed by atoms with Crippen LogP contribution < -0.4 is 5.73 Å². The monoisotopic (exact) mass is 246 g/mol. The van der Waals surface area contributed by atoms with Crippen LogP contribution in [0.15, 0.2) is 17.3 Å². The summed E-state index contributed by atoms with van der Waals surface area (Å²) < 4.78 is 26.8. The smallest absolute Gasteiger partial charge is 0.245 e. The Balaban J connectivity index is 2.98. The molecule has 0 atom stereocenters. The molecule has 7 heteroatoms. The van der Waals surface area contributed by atoms with Gasteiger partial charge in [0.05, 0.1) is 6.20 Å². The summed E-state index contributed by atoms with van der Waals surface area (Å²) in [6.45, 7) is 4.48. The van der Waals surface area contributed by atoms with Gasteiger partial charge in [0, 0.05) is 32.4 Å². The van der Waals surface area contributed by atoms with Crippen molar-refractivity contribution in [3.63, 3.8) is 0 Å². The van der Waals surface area contributed by atoms with Crippen LogP contribution in [-0.2, 0) is 10.0 Å². The predicted molar refractivity (Wildman–Crippen MR) is 61.5 cm³/mol. The second kappa shape index (κ2) is 4.94. The number of likely N-dealkylation sites (N-methyl/N-ethyl adjacent to an activating group) is 1. The minimum Gasteiger partial charge on any atom is -0.329 e. The molecule has 1 heterocycles. The predicted octanol–water partition coefficient (Wildman–Crippen LogP) is 0.0432. The molecule has 1 aromatic heterocycles. The molecule has 6 nitrogen and oxygen atoms in total. The summed E-state index contributed by atoms with van der Waals surface area (Å²) in [4.78, 5) is 0.206. The highest BCUT2D eigenvalue weighted by atomic mass is 32.2. The summed E-state index contributed by atoms with van der Waals surface area (Å²) in [5, 5.41) is 4.00. The molecular formula is C9H18N4O2S. The van der Waals surface area contributed by atoms with Crippen molar-refractivity contribution in [3.05, 3.63) is 12.4 Å². The van der Waals surface area contributed by atoms with Gasteiger partial charge in [-0.1, -0.05) is 0 Å². The lowest BCUT2D eigenvalue weighted by Gasteiger charge is -2.14. The molecule has 0 aliphatic heterocycles. The highest BCUT2D eigenvalue weighted by Gasteiger charge is 2.22. The summed E-state index contributed by atoms with van der Waals surface area (Å²) in [5.41, 5.74) is 5.33. The maximum Gasteiger partial charge on any atom is 0.245 e. The zero-order valence-corrected chi connectivity index (χ0v) is 10.6. The first-order valence-corrected chi connectivity index (χ1v) is 6.54. The van der Waals surface area contributed by atoms with E-state index < -0.39 is 10.0 Å². The van der Waals surface area contributed by atoms with Crippen LogP contribution in [-0.4, -0.2) is 42.6 Å². The van der Waals surface area contributed by atoms with Crippen LogP contribution in [0.3, 0.4) is 0 Å². The van der Waals surface area contributed by atoms with Gasteiger partial charge in [0.15, 0.2) is 0 Å². The lowest BCUT2D eigenvalue weighted by molar-refractivity contribution is 0.476. The van der Waals surface area contributed by atoms with Gasteiger partial charge in [0.2, 0.25) is 10.0 Å². The number of rotatable bonds is 5. The van der Waals surface area contributed by atoms with E-state index in [1.54, 1.807) is 4.68 Å². The Labute approximate surface area is 96.1 Å². The van der Waals surface area contributed by atoms with Crippen LogP contribution in [0.2, 0.25) is 0 Å². The Kier molecular flexibility index (Phi) is 4.06. The average Bonchev–Trinajstić information content (AvgIpc) is 2.67. The van der Waals surface area contributed by atoms with E-state index in [-0.39, 0.29) is 10.9 Å². The molecule has 0 amide bonds. The maximum atomic E-state index is 12.0. The van der Waals surface area contributed by atoms with Gasteiger partial charge in [-0.3, -0.25) is 4.68 Å². The van der Waals surface area contributed by atoms with Crippen LogP contribution in [0.1, 0.15) is 19.9 Å². The van der Waals surface area contributed by atoms with Crippen molar-refractivity contribution in [1.29, 1.82) is 0 Å². The number of nitrogens with two attached hydrogens (primary N) is 1. The molecule has 16 heavy (non-hydrogen) atoms. The fourth-order valence-electron chi connectivity index (χ4n) is 1.22. The van der Waals surface area contributed by atoms with Crippen molar-refractivity contribution in [2.45, 2.75) is 24.8 Å². The highest BCUT2D eigenvalue weighted by molar-refractivity contribution is 7.89. The van der Waals surface area contributed by atoms with Gasteiger partial charge < -0.3 is 5.73 Å². The Hall–Kier alpha value is -0.920. The minimum atomic E-state index is -3.44. The van der Waals surface area contributed by atoms with Gasteiger partial charge in [-0.2, -0.15) is 9.40 Å². The molecule has 0 spiro atoms. The molecule has 0 radical (unpaired) electrons. The molecule has 0 aliphatic carbocycles. The fourth-order valence-corrected chi connectivity index (χ4v) is 2.35. The third kappa shape index (κ3) is 2.60. The van der Waals surface area contributed by atoms with Gasteiger partial charge in [0.1, 0.15) is 4.90 Å². The van der Waals surface area contributed by atoms with Crippen LogP contribution in [0.5, 0.6) is 0 Å². The number of aromatic nitrogens is 2. The number of nitrogens with zero attached hydrogens (tertiary/aromatic N) is 3. The lowest BCUT2D eigenvalue weighted by atomic mass is 10.4. The van der Waals surface area contributed by atoms with Crippen LogP contribution >= 0.6 is 0 Å². The third-order valence-corrected chi connectivity index (χ3v) is 4.07. The third-order valence-electron chi connectivity index (χ3n) is 2.26. The van der Waals surface area contributed by atoms with Gasteiger partial charge >= 0.3 is 0 Å². The Morgan fingerprint density at radius 3 is 2.62 bits per heavy atom. The molecule has 0 aromatic carbocycles. The largest absolute Gasteiger partial charge is 0.329 e. The summed E-state index contributed by atoms with van der Waals surface area (Å²) in [5.74, 6) is 0. The molecular weight excluding hydrogens is 228 g/mol. The van der Waals surface area contributed by atoms with Crippen molar-refractivity contribution in [2.24, 2.45) is 5.73 Å². The molecule has 1 rings (SSSR count). The average molecular weight is 246 g/mol. The maximum absolute atomic E-state index is 12.0. The quantitative estimate of drug-likeness (QED) is 0.795. The molecule has 1 aromatic rings. The molecule has 0 saturated carbocycles. The van der Waals surface area contributed by atoms with E-state index in [9.17, 15) is 8.42 Å². The zero-order valence-electron chi connectivity index (χ0n) is 9.79. The van der Waals surface area contributed by atoms with Crippen molar-refractivity contribution in [3.8, 4) is 0 Å². The molecule has 0 bridgehead atoms. The van der Waals surface area contributed by atoms with E-state index in [0.717, 1.165) is 0 Å². The topological polar surface area (TPSA) is 81.2 Å². The van der Waals surface area contributed by atoms with E-state index in [0.29, 0.717) is 13.1 Å². The lowest BCUT2D eigenvalue weighted by Crippen LogP contribution is -2.31. The van der Waals surface area contributed by atoms with Gasteiger partial charge in [-0.15, -0.1) is 0 Å². The standard InChI is InChI=1S/C9H18N4O2S/c1-8(2)13-7-9(6-11-13)16(14,15)12(3)5-4-10/h6-8H,4-5,10H2,1-3H3. The summed E-state index contributed by atoms with van der Waals surface area (Å²) >= 11 is 0. The Morgan fingerprint density at radius 2 is 2.19 bits per heavy atom. The number of hydrogen-bond donors (Lipinski definition) is 1. The zero-order chi connectivity index (χ0) is 12.3. The molecule has 2 N–H and O–H groups in total. The normalized spacial score (nSPS) is 12.6. The summed E-state index contributed by atoms with van der Waals surface area (Å²) in [7, 11) is -1.93. The van der Waals surface area contributed by atoms with Crippen molar-refractivity contribution >= 4 is 10.0 Å². The second-order valence-electron chi connectivity index (χ2n) is 3.87. The number of hydrogen-bond acceptors (Lipinski definition) is 4. The first kappa shape index (κ1) is 13.1. The van der Waals surface area contributed by atoms with E-state index >= 15 is 0 Å². The molecule has 0 aliphatic rings. The van der Waals surface area contributed by atoms with Crippen molar-refractivity contribution in [2.75, 3.05) is 20.1 Å². The molecule has 0 unspecified atom stereocenters. The fraction of sp³-hybridized carbons (Fsp3) is 0.667. The molecule has 0 fully saturated rings. The van der Waals surface area contributed by atoms with Crippen LogP contribution in [0.4, 0.5) is 0 Å². The van der Waals surface area contributed by atoms with Crippen LogP contribution in [0.25, 0.3) is 0 Å². The molecule has 0 saturated heterocycles. The van der Waals surface area contributed by atoms with Crippen molar-refractivity contribution in [1.82, 2.24) is 14.1 Å². The Morgan fingerprint density at radius 1 is 1.56 bits per heavy atom. The SMILES string of the molecule is CC(C)n1cc(S(=O)(=O)N(C)CCN)cn1. The summed E-state index contributed by atoms with van der Waals surface area (Å²) in [6.07, 6.45) is 2.90. The molecule has 92 valence electrons. The Bertz CT molecular complexity index is 438. The van der Waals surface area contributed by atoms with E-state index in [1.165, 1.54) is 23.7 Å². The van der Waals surface area contributed by atoms with Gasteiger partial charge in [-0.25, -0.2) is 8.42 Å². The van der Waals surface area contributed by atoms with Gasteiger partial charge in [0.25, 0.3) is 0 Å². The minimum absolute atomic E-state index is 0.142.